The van der Waals surface area contributed by atoms with Gasteiger partial charge in [-0.2, -0.15) is 0 Å². The monoisotopic (exact) mass is 224 g/mol. The van der Waals surface area contributed by atoms with Gasteiger partial charge >= 0.3 is 0 Å². The predicted octanol–water partition coefficient (Wildman–Crippen LogP) is 1.68. The summed E-state index contributed by atoms with van der Waals surface area (Å²) in [4.78, 5) is 12.1. The lowest BCUT2D eigenvalue weighted by Crippen LogP contribution is -2.43. The largest absolute Gasteiger partial charge is 0.353 e. The average Bonchev–Trinajstić information content (AvgIpc) is 2.64. The molecule has 0 bridgehead atoms. The summed E-state index contributed by atoms with van der Waals surface area (Å²) in [5, 5.41) is 6.58. The first-order valence-corrected chi connectivity index (χ1v) is 6.70. The molecule has 0 aromatic rings. The topological polar surface area (TPSA) is 41.1 Å². The summed E-state index contributed by atoms with van der Waals surface area (Å²) in [6.45, 7) is 5.39. The third-order valence-electron chi connectivity index (χ3n) is 4.14. The van der Waals surface area contributed by atoms with Crippen molar-refractivity contribution < 1.29 is 4.79 Å². The second-order valence-electron chi connectivity index (χ2n) is 5.62. The smallest absolute Gasteiger partial charge is 0.224 e. The SMILES string of the molecule is CC1CCCC(NC(=O)C2CCNC2C)C1. The van der Waals surface area contributed by atoms with E-state index in [0.717, 1.165) is 18.9 Å². The lowest BCUT2D eigenvalue weighted by atomic mass is 9.86. The zero-order chi connectivity index (χ0) is 11.5. The lowest BCUT2D eigenvalue weighted by molar-refractivity contribution is -0.126. The summed E-state index contributed by atoms with van der Waals surface area (Å²) in [5.41, 5.74) is 0. The van der Waals surface area contributed by atoms with Gasteiger partial charge in [0.25, 0.3) is 0 Å². The molecule has 3 nitrogen and oxygen atoms in total. The van der Waals surface area contributed by atoms with Crippen LogP contribution in [-0.2, 0) is 4.79 Å². The van der Waals surface area contributed by atoms with Crippen LogP contribution in [0.5, 0.6) is 0 Å². The van der Waals surface area contributed by atoms with Crippen LogP contribution in [0.2, 0.25) is 0 Å². The van der Waals surface area contributed by atoms with Gasteiger partial charge in [-0.25, -0.2) is 0 Å². The molecule has 1 amide bonds. The van der Waals surface area contributed by atoms with E-state index in [1.165, 1.54) is 25.7 Å². The zero-order valence-corrected chi connectivity index (χ0v) is 10.5. The van der Waals surface area contributed by atoms with Gasteiger partial charge in [-0.3, -0.25) is 4.79 Å². The first-order chi connectivity index (χ1) is 7.66. The minimum absolute atomic E-state index is 0.192. The molecule has 2 N–H and O–H groups in total. The van der Waals surface area contributed by atoms with Crippen LogP contribution in [0, 0.1) is 11.8 Å². The molecule has 0 aromatic carbocycles. The number of hydrogen-bond donors (Lipinski definition) is 2. The van der Waals surface area contributed by atoms with E-state index in [0.29, 0.717) is 12.1 Å². The van der Waals surface area contributed by atoms with Crippen LogP contribution in [0.15, 0.2) is 0 Å². The molecule has 1 saturated carbocycles. The highest BCUT2D eigenvalue weighted by Crippen LogP contribution is 2.24. The first kappa shape index (κ1) is 11.9. The molecule has 2 rings (SSSR count). The maximum absolute atomic E-state index is 12.1. The maximum atomic E-state index is 12.1. The highest BCUT2D eigenvalue weighted by atomic mass is 16.2. The van der Waals surface area contributed by atoms with Crippen LogP contribution in [-0.4, -0.2) is 24.5 Å². The minimum atomic E-state index is 0.192. The molecule has 2 aliphatic rings. The Hall–Kier alpha value is -0.570. The Balaban J connectivity index is 1.82. The molecule has 3 heteroatoms. The summed E-state index contributed by atoms with van der Waals surface area (Å²) >= 11 is 0. The van der Waals surface area contributed by atoms with Crippen molar-refractivity contribution in [1.29, 1.82) is 0 Å². The van der Waals surface area contributed by atoms with E-state index in [1.54, 1.807) is 0 Å². The fourth-order valence-corrected chi connectivity index (χ4v) is 3.09. The Kier molecular flexibility index (Phi) is 3.85. The van der Waals surface area contributed by atoms with E-state index in [4.69, 9.17) is 0 Å². The van der Waals surface area contributed by atoms with E-state index in [2.05, 4.69) is 24.5 Å². The Morgan fingerprint density at radius 2 is 2.06 bits per heavy atom. The van der Waals surface area contributed by atoms with Crippen molar-refractivity contribution in [2.24, 2.45) is 11.8 Å². The molecular formula is C13H24N2O. The molecule has 16 heavy (non-hydrogen) atoms. The Labute approximate surface area is 98.4 Å². The van der Waals surface area contributed by atoms with Crippen LogP contribution in [0.4, 0.5) is 0 Å². The van der Waals surface area contributed by atoms with Gasteiger partial charge in [0, 0.05) is 12.1 Å². The van der Waals surface area contributed by atoms with Gasteiger partial charge < -0.3 is 10.6 Å². The highest BCUT2D eigenvalue weighted by molar-refractivity contribution is 5.80. The minimum Gasteiger partial charge on any atom is -0.353 e. The molecule has 1 saturated heterocycles. The number of rotatable bonds is 2. The van der Waals surface area contributed by atoms with E-state index in [1.807, 2.05) is 0 Å². The second-order valence-corrected chi connectivity index (χ2v) is 5.62. The van der Waals surface area contributed by atoms with E-state index in [9.17, 15) is 4.79 Å². The molecule has 1 heterocycles. The first-order valence-electron chi connectivity index (χ1n) is 6.70. The summed E-state index contributed by atoms with van der Waals surface area (Å²) in [6.07, 6.45) is 5.93. The molecule has 2 fully saturated rings. The summed E-state index contributed by atoms with van der Waals surface area (Å²) in [6, 6.07) is 0.782. The van der Waals surface area contributed by atoms with Crippen molar-refractivity contribution >= 4 is 5.91 Å². The number of nitrogens with one attached hydrogen (secondary N) is 2. The van der Waals surface area contributed by atoms with Crippen molar-refractivity contribution in [2.45, 2.75) is 58.0 Å². The molecule has 1 aliphatic heterocycles. The number of hydrogen-bond acceptors (Lipinski definition) is 2. The molecule has 4 unspecified atom stereocenters. The van der Waals surface area contributed by atoms with Crippen LogP contribution in [0.25, 0.3) is 0 Å². The summed E-state index contributed by atoms with van der Waals surface area (Å²) in [7, 11) is 0. The third kappa shape index (κ3) is 2.76. The van der Waals surface area contributed by atoms with Gasteiger partial charge in [0.05, 0.1) is 5.92 Å². The van der Waals surface area contributed by atoms with Crippen molar-refractivity contribution in [3.05, 3.63) is 0 Å². The van der Waals surface area contributed by atoms with Crippen LogP contribution in [0.3, 0.4) is 0 Å². The molecular weight excluding hydrogens is 200 g/mol. The van der Waals surface area contributed by atoms with E-state index < -0.39 is 0 Å². The molecule has 0 radical (unpaired) electrons. The van der Waals surface area contributed by atoms with Gasteiger partial charge in [-0.15, -0.1) is 0 Å². The third-order valence-corrected chi connectivity index (χ3v) is 4.14. The average molecular weight is 224 g/mol. The Morgan fingerprint density at radius 1 is 1.25 bits per heavy atom. The van der Waals surface area contributed by atoms with Crippen LogP contribution in [0.1, 0.15) is 46.0 Å². The number of carbonyl (C=O) groups is 1. The zero-order valence-electron chi connectivity index (χ0n) is 10.5. The summed E-state index contributed by atoms with van der Waals surface area (Å²) in [5.74, 6) is 1.24. The Bertz CT molecular complexity index is 254. The van der Waals surface area contributed by atoms with Gasteiger partial charge in [-0.05, 0) is 38.6 Å². The van der Waals surface area contributed by atoms with Crippen LogP contribution < -0.4 is 10.6 Å². The van der Waals surface area contributed by atoms with Gasteiger partial charge in [0.1, 0.15) is 0 Å². The lowest BCUT2D eigenvalue weighted by Gasteiger charge is -2.29. The van der Waals surface area contributed by atoms with E-state index >= 15 is 0 Å². The van der Waals surface area contributed by atoms with Gasteiger partial charge in [-0.1, -0.05) is 19.8 Å². The molecule has 0 spiro atoms. The van der Waals surface area contributed by atoms with Crippen molar-refractivity contribution in [3.8, 4) is 0 Å². The van der Waals surface area contributed by atoms with Crippen molar-refractivity contribution in [1.82, 2.24) is 10.6 Å². The van der Waals surface area contributed by atoms with Gasteiger partial charge in [0.2, 0.25) is 5.91 Å². The predicted molar refractivity (Wildman–Crippen MR) is 65.1 cm³/mol. The number of carbonyl (C=O) groups excluding carboxylic acids is 1. The maximum Gasteiger partial charge on any atom is 0.224 e. The normalized spacial score (nSPS) is 39.6. The highest BCUT2D eigenvalue weighted by Gasteiger charge is 2.31. The molecule has 4 atom stereocenters. The van der Waals surface area contributed by atoms with Gasteiger partial charge in [0.15, 0.2) is 0 Å². The fraction of sp³-hybridized carbons (Fsp3) is 0.923. The molecule has 0 aromatic heterocycles. The number of amides is 1. The van der Waals surface area contributed by atoms with E-state index in [-0.39, 0.29) is 11.8 Å². The quantitative estimate of drug-likeness (QED) is 0.749. The fourth-order valence-electron chi connectivity index (χ4n) is 3.09. The Morgan fingerprint density at radius 3 is 2.69 bits per heavy atom. The van der Waals surface area contributed by atoms with Crippen molar-refractivity contribution in [2.75, 3.05) is 6.54 Å². The van der Waals surface area contributed by atoms with Crippen molar-refractivity contribution in [3.63, 3.8) is 0 Å². The standard InChI is InChI=1S/C13H24N2O/c1-9-4-3-5-11(8-9)15-13(16)12-6-7-14-10(12)2/h9-12,14H,3-8H2,1-2H3,(H,15,16). The molecule has 92 valence electrons. The summed E-state index contributed by atoms with van der Waals surface area (Å²) < 4.78 is 0. The molecule has 1 aliphatic carbocycles. The van der Waals surface area contributed by atoms with Crippen LogP contribution >= 0.6 is 0 Å². The second kappa shape index (κ2) is 5.17.